The van der Waals surface area contributed by atoms with Crippen molar-refractivity contribution in [1.82, 2.24) is 10.7 Å². The fraction of sp³-hybridized carbons (Fsp3) is 0.185. The van der Waals surface area contributed by atoms with Crippen molar-refractivity contribution >= 4 is 47.2 Å². The van der Waals surface area contributed by atoms with Gasteiger partial charge in [0.05, 0.1) is 23.9 Å². The number of nitrogens with one attached hydrogen (secondary N) is 2. The van der Waals surface area contributed by atoms with Gasteiger partial charge in [-0.05, 0) is 48.4 Å². The molecule has 2 atom stereocenters. The molecular weight excluding hydrogens is 517 g/mol. The van der Waals surface area contributed by atoms with Crippen molar-refractivity contribution in [2.45, 2.75) is 25.5 Å². The Morgan fingerprint density at radius 1 is 0.973 bits per heavy atom. The lowest BCUT2D eigenvalue weighted by Gasteiger charge is -2.21. The minimum atomic E-state index is -0.943. The summed E-state index contributed by atoms with van der Waals surface area (Å²) in [4.78, 5) is 37.4. The van der Waals surface area contributed by atoms with Crippen LogP contribution in [0.3, 0.4) is 0 Å². The number of carbonyl (C=O) groups is 3. The second-order valence-electron chi connectivity index (χ2n) is 7.93. The van der Waals surface area contributed by atoms with Crippen LogP contribution in [0.25, 0.3) is 0 Å². The normalized spacial score (nSPS) is 12.4. The monoisotopic (exact) mass is 541 g/mol. The fourth-order valence-corrected chi connectivity index (χ4v) is 3.69. The summed E-state index contributed by atoms with van der Waals surface area (Å²) >= 11 is 12.0. The lowest BCUT2D eigenvalue weighted by atomic mass is 10.1. The quantitative estimate of drug-likeness (QED) is 0.224. The van der Waals surface area contributed by atoms with Crippen LogP contribution < -0.4 is 15.5 Å². The van der Waals surface area contributed by atoms with Crippen LogP contribution in [0.4, 0.5) is 0 Å². The second kappa shape index (κ2) is 13.4. The molecule has 2 N–H and O–H groups in total. The maximum Gasteiger partial charge on any atom is 0.337 e. The SMILES string of the molecule is COC(=O)c1ccc(/C=N\NC(=O)[C@H](Cc2ccccc2)NC(=O)[C@@H](C)Oc2ccc(Cl)cc2Cl)cc1. The molecule has 3 aromatic rings. The third-order valence-electron chi connectivity index (χ3n) is 5.20. The Morgan fingerprint density at radius 3 is 2.32 bits per heavy atom. The van der Waals surface area contributed by atoms with Gasteiger partial charge in [-0.25, -0.2) is 10.2 Å². The number of rotatable bonds is 10. The van der Waals surface area contributed by atoms with Crippen molar-refractivity contribution in [2.75, 3.05) is 7.11 Å². The molecule has 0 bridgehead atoms. The van der Waals surface area contributed by atoms with Crippen LogP contribution in [0.2, 0.25) is 10.0 Å². The molecule has 10 heteroatoms. The van der Waals surface area contributed by atoms with Crippen LogP contribution in [0.5, 0.6) is 5.75 Å². The average Bonchev–Trinajstić information content (AvgIpc) is 2.90. The second-order valence-corrected chi connectivity index (χ2v) is 8.78. The summed E-state index contributed by atoms with van der Waals surface area (Å²) in [5, 5.41) is 7.41. The summed E-state index contributed by atoms with van der Waals surface area (Å²) in [6.07, 6.45) is 0.715. The molecule has 0 saturated carbocycles. The third kappa shape index (κ3) is 8.34. The van der Waals surface area contributed by atoms with Crippen LogP contribution in [0.15, 0.2) is 77.9 Å². The molecule has 0 saturated heterocycles. The van der Waals surface area contributed by atoms with E-state index < -0.39 is 29.9 Å². The van der Waals surface area contributed by atoms with E-state index in [1.165, 1.54) is 19.4 Å². The van der Waals surface area contributed by atoms with E-state index >= 15 is 0 Å². The van der Waals surface area contributed by atoms with Gasteiger partial charge in [-0.3, -0.25) is 9.59 Å². The number of esters is 1. The van der Waals surface area contributed by atoms with Gasteiger partial charge in [0.25, 0.3) is 11.8 Å². The van der Waals surface area contributed by atoms with Gasteiger partial charge in [0.1, 0.15) is 11.8 Å². The van der Waals surface area contributed by atoms with Crippen molar-refractivity contribution in [3.8, 4) is 5.75 Å². The number of hydrogen-bond donors (Lipinski definition) is 2. The first-order chi connectivity index (χ1) is 17.8. The number of hydrazone groups is 1. The predicted octanol–water partition coefficient (Wildman–Crippen LogP) is 4.43. The van der Waals surface area contributed by atoms with Gasteiger partial charge in [-0.1, -0.05) is 65.7 Å². The number of carbonyl (C=O) groups excluding carboxylic acids is 3. The Balaban J connectivity index is 1.67. The molecule has 8 nitrogen and oxygen atoms in total. The molecule has 0 fully saturated rings. The summed E-state index contributed by atoms with van der Waals surface area (Å²) in [7, 11) is 1.30. The highest BCUT2D eigenvalue weighted by Crippen LogP contribution is 2.28. The summed E-state index contributed by atoms with van der Waals surface area (Å²) < 4.78 is 10.3. The summed E-state index contributed by atoms with van der Waals surface area (Å²) in [6.45, 7) is 1.55. The number of ether oxygens (including phenoxy) is 2. The van der Waals surface area contributed by atoms with Crippen LogP contribution in [0, 0.1) is 0 Å². The van der Waals surface area contributed by atoms with Gasteiger partial charge in [0.2, 0.25) is 0 Å². The molecule has 0 aliphatic carbocycles. The van der Waals surface area contributed by atoms with Crippen LogP contribution in [-0.2, 0) is 20.7 Å². The van der Waals surface area contributed by atoms with Crippen molar-refractivity contribution < 1.29 is 23.9 Å². The summed E-state index contributed by atoms with van der Waals surface area (Å²) in [6, 6.07) is 19.5. The zero-order valence-electron chi connectivity index (χ0n) is 20.1. The van der Waals surface area contributed by atoms with Gasteiger partial charge < -0.3 is 14.8 Å². The van der Waals surface area contributed by atoms with E-state index in [1.54, 1.807) is 43.3 Å². The van der Waals surface area contributed by atoms with Crippen molar-refractivity contribution in [3.63, 3.8) is 0 Å². The van der Waals surface area contributed by atoms with E-state index in [4.69, 9.17) is 27.9 Å². The highest BCUT2D eigenvalue weighted by Gasteiger charge is 2.25. The van der Waals surface area contributed by atoms with E-state index in [0.717, 1.165) is 5.56 Å². The number of nitrogens with zero attached hydrogens (tertiary/aromatic N) is 1. The molecule has 0 heterocycles. The maximum atomic E-state index is 13.0. The van der Waals surface area contributed by atoms with Crippen LogP contribution in [-0.4, -0.2) is 43.3 Å². The number of hydrogen-bond acceptors (Lipinski definition) is 6. The van der Waals surface area contributed by atoms with Crippen LogP contribution in [0.1, 0.15) is 28.4 Å². The Labute approximate surface area is 224 Å². The minimum Gasteiger partial charge on any atom is -0.479 e. The first kappa shape index (κ1) is 27.7. The molecule has 0 aliphatic heterocycles. The Kier molecular flexibility index (Phi) is 10.1. The van der Waals surface area contributed by atoms with Gasteiger partial charge in [-0.15, -0.1) is 0 Å². The molecule has 192 valence electrons. The molecule has 3 rings (SSSR count). The molecule has 0 radical (unpaired) electrons. The van der Waals surface area contributed by atoms with E-state index in [9.17, 15) is 14.4 Å². The Bertz CT molecular complexity index is 1270. The van der Waals surface area contributed by atoms with E-state index in [0.29, 0.717) is 21.9 Å². The summed E-state index contributed by atoms with van der Waals surface area (Å²) in [5.74, 6) is -1.19. The Morgan fingerprint density at radius 2 is 1.68 bits per heavy atom. The van der Waals surface area contributed by atoms with Gasteiger partial charge in [0.15, 0.2) is 6.10 Å². The van der Waals surface area contributed by atoms with Gasteiger partial charge >= 0.3 is 5.97 Å². The van der Waals surface area contributed by atoms with Gasteiger partial charge in [-0.2, -0.15) is 5.10 Å². The van der Waals surface area contributed by atoms with Gasteiger partial charge in [0, 0.05) is 11.4 Å². The molecule has 3 aromatic carbocycles. The fourth-order valence-electron chi connectivity index (χ4n) is 3.23. The number of amides is 2. The first-order valence-electron chi connectivity index (χ1n) is 11.2. The Hall–Kier alpha value is -3.88. The molecular formula is C27H25Cl2N3O5. The number of benzene rings is 3. The van der Waals surface area contributed by atoms with Crippen molar-refractivity contribution in [2.24, 2.45) is 5.10 Å². The molecule has 0 spiro atoms. The van der Waals surface area contributed by atoms with Crippen molar-refractivity contribution in [1.29, 1.82) is 0 Å². The van der Waals surface area contributed by atoms with E-state index in [2.05, 4.69) is 20.6 Å². The topological polar surface area (TPSA) is 106 Å². The largest absolute Gasteiger partial charge is 0.479 e. The van der Waals surface area contributed by atoms with E-state index in [-0.39, 0.29) is 11.4 Å². The highest BCUT2D eigenvalue weighted by molar-refractivity contribution is 6.35. The first-order valence-corrected chi connectivity index (χ1v) is 12.0. The third-order valence-corrected chi connectivity index (χ3v) is 5.73. The molecule has 0 aliphatic rings. The van der Waals surface area contributed by atoms with Crippen LogP contribution >= 0.6 is 23.2 Å². The lowest BCUT2D eigenvalue weighted by Crippen LogP contribution is -2.50. The number of methoxy groups -OCH3 is 1. The van der Waals surface area contributed by atoms with E-state index in [1.807, 2.05) is 30.3 Å². The predicted molar refractivity (Wildman–Crippen MR) is 142 cm³/mol. The zero-order chi connectivity index (χ0) is 26.8. The lowest BCUT2D eigenvalue weighted by molar-refractivity contribution is -0.132. The molecule has 0 aromatic heterocycles. The highest BCUT2D eigenvalue weighted by atomic mass is 35.5. The number of halogens is 2. The molecule has 37 heavy (non-hydrogen) atoms. The smallest absolute Gasteiger partial charge is 0.337 e. The molecule has 2 amide bonds. The van der Waals surface area contributed by atoms with Crippen molar-refractivity contribution in [3.05, 3.63) is 99.5 Å². The summed E-state index contributed by atoms with van der Waals surface area (Å²) in [5.41, 5.74) is 4.35. The molecule has 0 unspecified atom stereocenters. The standard InChI is InChI=1S/C27H25Cl2N3O5/c1-17(37-24-13-12-21(28)15-22(24)29)25(33)31-23(14-18-6-4-3-5-7-18)26(34)32-30-16-19-8-10-20(11-9-19)27(35)36-2/h3-13,15-17,23H,14H2,1-2H3,(H,31,33)(H,32,34)/b30-16-/t17-,23+/m1/s1. The zero-order valence-corrected chi connectivity index (χ0v) is 21.6. The average molecular weight is 542 g/mol. The maximum absolute atomic E-state index is 13.0. The minimum absolute atomic E-state index is 0.232.